The van der Waals surface area contributed by atoms with Crippen molar-refractivity contribution in [3.8, 4) is 5.69 Å². The second kappa shape index (κ2) is 7.67. The molecule has 8 heteroatoms. The number of benzene rings is 2. The molecule has 0 radical (unpaired) electrons. The highest BCUT2D eigenvalue weighted by atomic mass is 35.5. The van der Waals surface area contributed by atoms with Gasteiger partial charge in [-0.25, -0.2) is 9.07 Å². The molecule has 2 amide bonds. The van der Waals surface area contributed by atoms with Crippen molar-refractivity contribution in [2.75, 3.05) is 10.6 Å². The summed E-state index contributed by atoms with van der Waals surface area (Å²) in [5.74, 6) is -0.897. The average Bonchev–Trinajstić information content (AvgIpc) is 3.27. The summed E-state index contributed by atoms with van der Waals surface area (Å²) < 4.78 is 15.0. The number of hydrogen-bond donors (Lipinski definition) is 2. The molecule has 0 bridgehead atoms. The Morgan fingerprint density at radius 3 is 2.55 bits per heavy atom. The van der Waals surface area contributed by atoms with Crippen LogP contribution < -0.4 is 10.6 Å². The van der Waals surface area contributed by atoms with Crippen LogP contribution in [0, 0.1) is 5.82 Å². The fourth-order valence-corrected chi connectivity index (χ4v) is 3.72. The van der Waals surface area contributed by atoms with Crippen molar-refractivity contribution in [3.63, 3.8) is 0 Å². The third kappa shape index (κ3) is 3.86. The molecule has 29 heavy (non-hydrogen) atoms. The Morgan fingerprint density at radius 2 is 1.86 bits per heavy atom. The van der Waals surface area contributed by atoms with Crippen molar-refractivity contribution in [2.24, 2.45) is 0 Å². The van der Waals surface area contributed by atoms with Gasteiger partial charge in [-0.05, 0) is 61.7 Å². The van der Waals surface area contributed by atoms with Crippen LogP contribution in [-0.2, 0) is 17.6 Å². The SMILES string of the molecule is CC(=O)Nc1ccc(NC(=O)c2nn(-c3ccc(F)cc3)c3c2CCC3)c(Cl)c1. The van der Waals surface area contributed by atoms with Crippen LogP contribution in [0.25, 0.3) is 5.69 Å². The molecule has 0 aliphatic heterocycles. The van der Waals surface area contributed by atoms with Gasteiger partial charge in [-0.2, -0.15) is 5.10 Å². The molecule has 1 aromatic heterocycles. The zero-order chi connectivity index (χ0) is 20.5. The maximum Gasteiger partial charge on any atom is 0.276 e. The van der Waals surface area contributed by atoms with E-state index in [0.717, 1.165) is 30.5 Å². The first-order chi connectivity index (χ1) is 13.9. The first-order valence-electron chi connectivity index (χ1n) is 9.17. The van der Waals surface area contributed by atoms with E-state index in [1.54, 1.807) is 35.0 Å². The summed E-state index contributed by atoms with van der Waals surface area (Å²) in [4.78, 5) is 24.1. The zero-order valence-corrected chi connectivity index (χ0v) is 16.4. The van der Waals surface area contributed by atoms with Gasteiger partial charge in [-0.15, -0.1) is 0 Å². The van der Waals surface area contributed by atoms with Crippen molar-refractivity contribution < 1.29 is 14.0 Å². The third-order valence-electron chi connectivity index (χ3n) is 4.75. The van der Waals surface area contributed by atoms with E-state index in [-0.39, 0.29) is 17.6 Å². The normalized spacial score (nSPS) is 12.5. The van der Waals surface area contributed by atoms with Crippen LogP contribution in [0.3, 0.4) is 0 Å². The van der Waals surface area contributed by atoms with Gasteiger partial charge >= 0.3 is 0 Å². The third-order valence-corrected chi connectivity index (χ3v) is 5.07. The summed E-state index contributed by atoms with van der Waals surface area (Å²) in [7, 11) is 0. The molecule has 2 aromatic carbocycles. The van der Waals surface area contributed by atoms with E-state index in [0.29, 0.717) is 27.8 Å². The number of aromatic nitrogens is 2. The standard InChI is InChI=1S/C21H18ClFN4O2/c1-12(28)24-14-7-10-18(17(22)11-14)25-21(29)20-16-3-2-4-19(16)27(26-20)15-8-5-13(23)6-9-15/h5-11H,2-4H2,1H3,(H,24,28)(H,25,29). The topological polar surface area (TPSA) is 76.0 Å². The number of nitrogens with zero attached hydrogens (tertiary/aromatic N) is 2. The van der Waals surface area contributed by atoms with Gasteiger partial charge in [0, 0.05) is 23.9 Å². The molecule has 1 aliphatic carbocycles. The lowest BCUT2D eigenvalue weighted by atomic mass is 10.2. The predicted molar refractivity (Wildman–Crippen MR) is 109 cm³/mol. The second-order valence-corrected chi connectivity index (χ2v) is 7.25. The van der Waals surface area contributed by atoms with E-state index in [1.165, 1.54) is 19.1 Å². The van der Waals surface area contributed by atoms with E-state index in [2.05, 4.69) is 15.7 Å². The predicted octanol–water partition coefficient (Wildman–Crippen LogP) is 4.36. The van der Waals surface area contributed by atoms with Crippen LogP contribution in [0.15, 0.2) is 42.5 Å². The van der Waals surface area contributed by atoms with Gasteiger partial charge in [0.05, 0.1) is 16.4 Å². The highest BCUT2D eigenvalue weighted by Gasteiger charge is 2.27. The summed E-state index contributed by atoms with van der Waals surface area (Å²) >= 11 is 6.25. The van der Waals surface area contributed by atoms with Crippen LogP contribution in [-0.4, -0.2) is 21.6 Å². The Hall–Kier alpha value is -3.19. The number of carbonyl (C=O) groups excluding carboxylic acids is 2. The molecule has 3 aromatic rings. The van der Waals surface area contributed by atoms with Gasteiger partial charge in [0.25, 0.3) is 5.91 Å². The van der Waals surface area contributed by atoms with Crippen molar-refractivity contribution in [3.05, 3.63) is 70.3 Å². The van der Waals surface area contributed by atoms with E-state index in [9.17, 15) is 14.0 Å². The van der Waals surface area contributed by atoms with Crippen LogP contribution in [0.4, 0.5) is 15.8 Å². The van der Waals surface area contributed by atoms with Crippen LogP contribution in [0.5, 0.6) is 0 Å². The Bertz CT molecular complexity index is 1110. The molecule has 1 heterocycles. The monoisotopic (exact) mass is 412 g/mol. The number of halogens is 2. The Kier molecular flexibility index (Phi) is 5.07. The van der Waals surface area contributed by atoms with Crippen molar-refractivity contribution in [2.45, 2.75) is 26.2 Å². The molecule has 148 valence electrons. The van der Waals surface area contributed by atoms with Crippen molar-refractivity contribution in [1.29, 1.82) is 0 Å². The molecule has 0 saturated carbocycles. The van der Waals surface area contributed by atoms with E-state index < -0.39 is 0 Å². The Labute approximate surface area is 171 Å². The van der Waals surface area contributed by atoms with Crippen LogP contribution in [0.1, 0.15) is 35.1 Å². The molecule has 2 N–H and O–H groups in total. The second-order valence-electron chi connectivity index (χ2n) is 6.85. The molecule has 0 spiro atoms. The lowest BCUT2D eigenvalue weighted by molar-refractivity contribution is -0.114. The Morgan fingerprint density at radius 1 is 1.10 bits per heavy atom. The first kappa shape index (κ1) is 19.1. The molecule has 0 unspecified atom stereocenters. The van der Waals surface area contributed by atoms with Crippen molar-refractivity contribution >= 4 is 34.8 Å². The first-order valence-corrected chi connectivity index (χ1v) is 9.55. The largest absolute Gasteiger partial charge is 0.326 e. The minimum Gasteiger partial charge on any atom is -0.326 e. The number of carbonyl (C=O) groups is 2. The minimum atomic E-state index is -0.363. The Balaban J connectivity index is 1.62. The lowest BCUT2D eigenvalue weighted by Crippen LogP contribution is -2.15. The molecule has 1 aliphatic rings. The number of nitrogens with one attached hydrogen (secondary N) is 2. The molecule has 0 saturated heterocycles. The smallest absolute Gasteiger partial charge is 0.276 e. The summed E-state index contributed by atoms with van der Waals surface area (Å²) in [5.41, 5.74) is 3.88. The van der Waals surface area contributed by atoms with E-state index in [1.807, 2.05) is 0 Å². The summed E-state index contributed by atoms with van der Waals surface area (Å²) in [6.45, 7) is 1.40. The molecular weight excluding hydrogens is 395 g/mol. The number of rotatable bonds is 4. The quantitative estimate of drug-likeness (QED) is 0.668. The maximum absolute atomic E-state index is 13.3. The number of anilines is 2. The summed E-state index contributed by atoms with van der Waals surface area (Å²) in [5, 5.41) is 10.2. The molecule has 0 fully saturated rings. The van der Waals surface area contributed by atoms with Crippen LogP contribution >= 0.6 is 11.6 Å². The number of amides is 2. The molecule has 6 nitrogen and oxygen atoms in total. The van der Waals surface area contributed by atoms with Gasteiger partial charge in [-0.3, -0.25) is 9.59 Å². The van der Waals surface area contributed by atoms with Crippen LogP contribution in [0.2, 0.25) is 5.02 Å². The van der Waals surface area contributed by atoms with Gasteiger partial charge < -0.3 is 10.6 Å². The van der Waals surface area contributed by atoms with Gasteiger partial charge in [0.1, 0.15) is 5.82 Å². The number of hydrogen-bond acceptors (Lipinski definition) is 3. The summed E-state index contributed by atoms with van der Waals surface area (Å²) in [6, 6.07) is 10.9. The fourth-order valence-electron chi connectivity index (χ4n) is 3.49. The van der Waals surface area contributed by atoms with E-state index >= 15 is 0 Å². The number of fused-ring (bicyclic) bond motifs is 1. The zero-order valence-electron chi connectivity index (χ0n) is 15.6. The van der Waals surface area contributed by atoms with Gasteiger partial charge in [-0.1, -0.05) is 11.6 Å². The molecule has 0 atom stereocenters. The highest BCUT2D eigenvalue weighted by Crippen LogP contribution is 2.30. The highest BCUT2D eigenvalue weighted by molar-refractivity contribution is 6.34. The average molecular weight is 413 g/mol. The van der Waals surface area contributed by atoms with Gasteiger partial charge in [0.15, 0.2) is 5.69 Å². The molecule has 4 rings (SSSR count). The lowest BCUT2D eigenvalue weighted by Gasteiger charge is -2.09. The van der Waals surface area contributed by atoms with Gasteiger partial charge in [0.2, 0.25) is 5.91 Å². The molecular formula is C21H18ClFN4O2. The van der Waals surface area contributed by atoms with Crippen molar-refractivity contribution in [1.82, 2.24) is 9.78 Å². The summed E-state index contributed by atoms with van der Waals surface area (Å²) in [6.07, 6.45) is 2.49. The minimum absolute atomic E-state index is 0.209. The maximum atomic E-state index is 13.3. The fraction of sp³-hybridized carbons (Fsp3) is 0.190. The van der Waals surface area contributed by atoms with E-state index in [4.69, 9.17) is 11.6 Å².